The van der Waals surface area contributed by atoms with Crippen LogP contribution in [0.15, 0.2) is 30.3 Å². The summed E-state index contributed by atoms with van der Waals surface area (Å²) in [5.41, 5.74) is 0.634. The number of hydrogen-bond donors (Lipinski definition) is 0. The second-order valence-electron chi connectivity index (χ2n) is 2.49. The number of hydrogen-bond acceptors (Lipinski definition) is 3. The standard InChI is InChI=1S/C10H11O3/c1-12-10(8-11,13-2)9-6-4-3-5-7-9/h3-7H,1-2H3. The minimum atomic E-state index is -1.39. The third-order valence-corrected chi connectivity index (χ3v) is 1.86. The first-order chi connectivity index (χ1) is 6.29. The van der Waals surface area contributed by atoms with Crippen LogP contribution in [-0.4, -0.2) is 20.5 Å². The SMILES string of the molecule is COC([C]=O)(OC)c1ccccc1. The molecule has 0 saturated carbocycles. The van der Waals surface area contributed by atoms with E-state index in [0.29, 0.717) is 5.56 Å². The highest BCUT2D eigenvalue weighted by Gasteiger charge is 2.32. The third-order valence-electron chi connectivity index (χ3n) is 1.86. The van der Waals surface area contributed by atoms with Crippen molar-refractivity contribution >= 4 is 6.29 Å². The molecule has 69 valence electrons. The summed E-state index contributed by atoms with van der Waals surface area (Å²) in [6.07, 6.45) is 1.74. The van der Waals surface area contributed by atoms with E-state index < -0.39 is 5.79 Å². The van der Waals surface area contributed by atoms with E-state index in [1.165, 1.54) is 14.2 Å². The van der Waals surface area contributed by atoms with Crippen molar-refractivity contribution in [3.8, 4) is 0 Å². The first-order valence-corrected chi connectivity index (χ1v) is 3.84. The molecule has 0 fully saturated rings. The number of benzene rings is 1. The quantitative estimate of drug-likeness (QED) is 0.652. The predicted molar refractivity (Wildman–Crippen MR) is 47.8 cm³/mol. The highest BCUT2D eigenvalue weighted by molar-refractivity contribution is 5.64. The fourth-order valence-electron chi connectivity index (χ4n) is 1.12. The van der Waals surface area contributed by atoms with Gasteiger partial charge in [-0.05, 0) is 0 Å². The van der Waals surface area contributed by atoms with Gasteiger partial charge in [0, 0.05) is 19.8 Å². The molecule has 0 aliphatic carbocycles. The van der Waals surface area contributed by atoms with Gasteiger partial charge in [-0.25, -0.2) is 0 Å². The Morgan fingerprint density at radius 2 is 1.69 bits per heavy atom. The van der Waals surface area contributed by atoms with Crippen molar-refractivity contribution in [3.05, 3.63) is 35.9 Å². The molecule has 0 saturated heterocycles. The van der Waals surface area contributed by atoms with Crippen LogP contribution in [-0.2, 0) is 20.1 Å². The van der Waals surface area contributed by atoms with Crippen LogP contribution in [0.3, 0.4) is 0 Å². The van der Waals surface area contributed by atoms with Gasteiger partial charge in [0.1, 0.15) is 0 Å². The summed E-state index contributed by atoms with van der Waals surface area (Å²) < 4.78 is 9.95. The van der Waals surface area contributed by atoms with Gasteiger partial charge in [-0.3, -0.25) is 4.79 Å². The second kappa shape index (κ2) is 4.16. The molecular weight excluding hydrogens is 168 g/mol. The highest BCUT2D eigenvalue weighted by atomic mass is 16.7. The Bertz CT molecular complexity index is 265. The van der Waals surface area contributed by atoms with Crippen LogP contribution in [0.5, 0.6) is 0 Å². The van der Waals surface area contributed by atoms with Gasteiger partial charge >= 0.3 is 0 Å². The minimum absolute atomic E-state index is 0.634. The van der Waals surface area contributed by atoms with Crippen LogP contribution in [0.25, 0.3) is 0 Å². The average molecular weight is 179 g/mol. The molecule has 0 unspecified atom stereocenters. The highest BCUT2D eigenvalue weighted by Crippen LogP contribution is 2.22. The zero-order valence-electron chi connectivity index (χ0n) is 7.61. The van der Waals surface area contributed by atoms with E-state index in [-0.39, 0.29) is 0 Å². The number of ether oxygens (including phenoxy) is 2. The first kappa shape index (κ1) is 9.89. The van der Waals surface area contributed by atoms with Crippen molar-refractivity contribution < 1.29 is 14.3 Å². The van der Waals surface area contributed by atoms with Crippen molar-refractivity contribution in [1.82, 2.24) is 0 Å². The van der Waals surface area contributed by atoms with Crippen molar-refractivity contribution in [3.63, 3.8) is 0 Å². The van der Waals surface area contributed by atoms with Gasteiger partial charge in [-0.15, -0.1) is 0 Å². The molecule has 0 aromatic heterocycles. The van der Waals surface area contributed by atoms with Crippen LogP contribution in [0.1, 0.15) is 5.56 Å². The Morgan fingerprint density at radius 3 is 2.08 bits per heavy atom. The maximum Gasteiger partial charge on any atom is 0.268 e. The van der Waals surface area contributed by atoms with Crippen LogP contribution in [0.2, 0.25) is 0 Å². The molecule has 1 aromatic carbocycles. The largest absolute Gasteiger partial charge is 0.343 e. The van der Waals surface area contributed by atoms with E-state index in [1.807, 2.05) is 6.07 Å². The Balaban J connectivity index is 3.08. The van der Waals surface area contributed by atoms with Crippen molar-refractivity contribution in [1.29, 1.82) is 0 Å². The third kappa shape index (κ3) is 1.76. The maximum absolute atomic E-state index is 10.7. The predicted octanol–water partition coefficient (Wildman–Crippen LogP) is 1.24. The minimum Gasteiger partial charge on any atom is -0.343 e. The molecule has 0 atom stereocenters. The summed E-state index contributed by atoms with van der Waals surface area (Å²) in [5, 5.41) is 0. The molecule has 0 amide bonds. The van der Waals surface area contributed by atoms with Crippen LogP contribution in [0.4, 0.5) is 0 Å². The molecule has 0 heterocycles. The zero-order chi connectivity index (χ0) is 9.73. The molecule has 1 aromatic rings. The normalized spacial score (nSPS) is 11.2. The fraction of sp³-hybridized carbons (Fsp3) is 0.300. The number of carbonyl (C=O) groups excluding carboxylic acids is 1. The van der Waals surface area contributed by atoms with E-state index in [2.05, 4.69) is 0 Å². The van der Waals surface area contributed by atoms with Crippen molar-refractivity contribution in [2.24, 2.45) is 0 Å². The van der Waals surface area contributed by atoms with Gasteiger partial charge in [0.15, 0.2) is 0 Å². The average Bonchev–Trinajstić information content (AvgIpc) is 2.23. The van der Waals surface area contributed by atoms with Gasteiger partial charge < -0.3 is 9.47 Å². The van der Waals surface area contributed by atoms with Crippen LogP contribution in [0, 0.1) is 0 Å². The van der Waals surface area contributed by atoms with Gasteiger partial charge in [0.25, 0.3) is 12.1 Å². The molecule has 0 aliphatic rings. The molecular formula is C10H11O3. The lowest BCUT2D eigenvalue weighted by Crippen LogP contribution is -2.32. The van der Waals surface area contributed by atoms with Crippen LogP contribution < -0.4 is 0 Å². The monoisotopic (exact) mass is 179 g/mol. The molecule has 0 spiro atoms. The second-order valence-corrected chi connectivity index (χ2v) is 2.49. The summed E-state index contributed by atoms with van der Waals surface area (Å²) in [7, 11) is 2.81. The summed E-state index contributed by atoms with van der Waals surface area (Å²) in [4.78, 5) is 10.7. The van der Waals surface area contributed by atoms with E-state index in [1.54, 1.807) is 30.6 Å². The number of methoxy groups -OCH3 is 2. The molecule has 1 radical (unpaired) electrons. The van der Waals surface area contributed by atoms with Crippen LogP contribution >= 0.6 is 0 Å². The number of rotatable bonds is 4. The van der Waals surface area contributed by atoms with Gasteiger partial charge in [-0.1, -0.05) is 30.3 Å². The Kier molecular flexibility index (Phi) is 3.17. The fourth-order valence-corrected chi connectivity index (χ4v) is 1.12. The van der Waals surface area contributed by atoms with E-state index in [9.17, 15) is 4.79 Å². The topological polar surface area (TPSA) is 35.5 Å². The molecule has 3 heteroatoms. The van der Waals surface area contributed by atoms with E-state index >= 15 is 0 Å². The van der Waals surface area contributed by atoms with E-state index in [0.717, 1.165) is 0 Å². The maximum atomic E-state index is 10.7. The van der Waals surface area contributed by atoms with Gasteiger partial charge in [0.05, 0.1) is 0 Å². The lowest BCUT2D eigenvalue weighted by Gasteiger charge is -2.23. The van der Waals surface area contributed by atoms with Crippen molar-refractivity contribution in [2.45, 2.75) is 5.79 Å². The van der Waals surface area contributed by atoms with Gasteiger partial charge in [0.2, 0.25) is 0 Å². The summed E-state index contributed by atoms with van der Waals surface area (Å²) in [5.74, 6) is -1.39. The van der Waals surface area contributed by atoms with E-state index in [4.69, 9.17) is 9.47 Å². The Morgan fingerprint density at radius 1 is 1.15 bits per heavy atom. The molecule has 0 aliphatic heterocycles. The molecule has 0 N–H and O–H groups in total. The lowest BCUT2D eigenvalue weighted by molar-refractivity contribution is -0.161. The Hall–Kier alpha value is -1.19. The molecule has 0 bridgehead atoms. The van der Waals surface area contributed by atoms with Gasteiger partial charge in [-0.2, -0.15) is 0 Å². The molecule has 1 rings (SSSR count). The smallest absolute Gasteiger partial charge is 0.268 e. The first-order valence-electron chi connectivity index (χ1n) is 3.84. The summed E-state index contributed by atoms with van der Waals surface area (Å²) in [6, 6.07) is 8.96. The molecule has 3 nitrogen and oxygen atoms in total. The zero-order valence-corrected chi connectivity index (χ0v) is 7.61. The summed E-state index contributed by atoms with van der Waals surface area (Å²) >= 11 is 0. The summed E-state index contributed by atoms with van der Waals surface area (Å²) in [6.45, 7) is 0. The lowest BCUT2D eigenvalue weighted by atomic mass is 10.1. The Labute approximate surface area is 77.3 Å². The molecule has 13 heavy (non-hydrogen) atoms. The van der Waals surface area contributed by atoms with Crippen molar-refractivity contribution in [2.75, 3.05) is 14.2 Å².